The standard InChI is InChI=1S/C31H39N3O4/c1-20(2)26-22-12-6-8-14-24(22)28(35)33(30(26)37)18-10-16-32(5)17-11-19-34-29(36)25-15-9-7-13-23(25)27(21(3)4)31(34)38/h6-9,12-15,20-21,37-38H,10-11,16-19H2,1-5H3. The van der Waals surface area contributed by atoms with Crippen molar-refractivity contribution in [3.63, 3.8) is 0 Å². The Hall–Kier alpha value is -3.58. The van der Waals surface area contributed by atoms with Crippen molar-refractivity contribution in [1.82, 2.24) is 14.0 Å². The van der Waals surface area contributed by atoms with Crippen molar-refractivity contribution >= 4 is 21.5 Å². The second kappa shape index (κ2) is 11.4. The molecule has 0 aliphatic carbocycles. The number of hydrogen-bond acceptors (Lipinski definition) is 5. The van der Waals surface area contributed by atoms with Crippen LogP contribution in [0.15, 0.2) is 58.1 Å². The first-order chi connectivity index (χ1) is 18.1. The molecule has 0 atom stereocenters. The lowest BCUT2D eigenvalue weighted by atomic mass is 9.97. The quantitative estimate of drug-likeness (QED) is 0.295. The molecule has 4 rings (SSSR count). The summed E-state index contributed by atoms with van der Waals surface area (Å²) in [6.45, 7) is 10.4. The molecule has 2 aromatic heterocycles. The highest BCUT2D eigenvalue weighted by atomic mass is 16.3. The topological polar surface area (TPSA) is 87.7 Å². The molecular formula is C31H39N3O4. The number of aromatic hydroxyl groups is 2. The zero-order valence-electron chi connectivity index (χ0n) is 23.1. The van der Waals surface area contributed by atoms with Crippen LogP contribution in [0.3, 0.4) is 0 Å². The van der Waals surface area contributed by atoms with Crippen LogP contribution in [0.4, 0.5) is 0 Å². The SMILES string of the molecule is CC(C)c1c(O)n(CCCN(C)CCCn2c(O)c(C(C)C)c3ccccc3c2=O)c(=O)c2ccccc12. The second-order valence-corrected chi connectivity index (χ2v) is 10.8. The third-order valence-corrected chi connectivity index (χ3v) is 7.38. The van der Waals surface area contributed by atoms with Gasteiger partial charge >= 0.3 is 0 Å². The average molecular weight is 518 g/mol. The summed E-state index contributed by atoms with van der Waals surface area (Å²) in [7, 11) is 2.01. The molecule has 0 bridgehead atoms. The maximum Gasteiger partial charge on any atom is 0.261 e. The first kappa shape index (κ1) is 27.5. The summed E-state index contributed by atoms with van der Waals surface area (Å²) in [5.74, 6) is 0.276. The highest BCUT2D eigenvalue weighted by molar-refractivity contribution is 5.87. The maximum atomic E-state index is 13.1. The lowest BCUT2D eigenvalue weighted by molar-refractivity contribution is 0.299. The molecule has 202 valence electrons. The summed E-state index contributed by atoms with van der Waals surface area (Å²) in [5.41, 5.74) is 1.26. The van der Waals surface area contributed by atoms with Gasteiger partial charge in [-0.3, -0.25) is 18.7 Å². The first-order valence-electron chi connectivity index (χ1n) is 13.5. The van der Waals surface area contributed by atoms with E-state index in [9.17, 15) is 19.8 Å². The summed E-state index contributed by atoms with van der Waals surface area (Å²) >= 11 is 0. The van der Waals surface area contributed by atoms with E-state index in [4.69, 9.17) is 0 Å². The first-order valence-corrected chi connectivity index (χ1v) is 13.5. The Bertz CT molecular complexity index is 1450. The Kier molecular flexibility index (Phi) is 8.26. The third-order valence-electron chi connectivity index (χ3n) is 7.38. The number of benzene rings is 2. The van der Waals surface area contributed by atoms with Crippen LogP contribution >= 0.6 is 0 Å². The van der Waals surface area contributed by atoms with Crippen LogP contribution in [0.1, 0.15) is 63.5 Å². The average Bonchev–Trinajstić information content (AvgIpc) is 2.87. The Morgan fingerprint density at radius 2 is 1.00 bits per heavy atom. The summed E-state index contributed by atoms with van der Waals surface area (Å²) in [5, 5.41) is 24.8. The molecule has 0 saturated heterocycles. The van der Waals surface area contributed by atoms with E-state index in [-0.39, 0.29) is 34.7 Å². The van der Waals surface area contributed by atoms with Gasteiger partial charge in [0.05, 0.1) is 0 Å². The number of aromatic nitrogens is 2. The van der Waals surface area contributed by atoms with Crippen molar-refractivity contribution < 1.29 is 10.2 Å². The number of rotatable bonds is 10. The number of hydrogen-bond donors (Lipinski definition) is 2. The van der Waals surface area contributed by atoms with E-state index in [0.717, 1.165) is 35.0 Å². The Morgan fingerprint density at radius 1 is 0.658 bits per heavy atom. The summed E-state index contributed by atoms with van der Waals surface area (Å²) < 4.78 is 2.98. The molecule has 0 fully saturated rings. The van der Waals surface area contributed by atoms with Gasteiger partial charge < -0.3 is 15.1 Å². The lowest BCUT2D eigenvalue weighted by Crippen LogP contribution is -2.28. The largest absolute Gasteiger partial charge is 0.494 e. The van der Waals surface area contributed by atoms with Crippen molar-refractivity contribution in [3.05, 3.63) is 80.4 Å². The van der Waals surface area contributed by atoms with Gasteiger partial charge in [0.25, 0.3) is 11.1 Å². The third kappa shape index (κ3) is 5.20. The van der Waals surface area contributed by atoms with Crippen molar-refractivity contribution in [2.45, 2.75) is 65.5 Å². The van der Waals surface area contributed by atoms with Crippen LogP contribution in [-0.4, -0.2) is 44.4 Å². The Labute approximate surface area is 223 Å². The minimum atomic E-state index is -0.169. The fraction of sp³-hybridized carbons (Fsp3) is 0.419. The van der Waals surface area contributed by atoms with Gasteiger partial charge in [-0.2, -0.15) is 0 Å². The minimum Gasteiger partial charge on any atom is -0.494 e. The molecule has 0 saturated carbocycles. The van der Waals surface area contributed by atoms with Crippen molar-refractivity contribution in [1.29, 1.82) is 0 Å². The predicted molar refractivity (Wildman–Crippen MR) is 155 cm³/mol. The van der Waals surface area contributed by atoms with Crippen LogP contribution in [-0.2, 0) is 13.1 Å². The molecule has 0 aliphatic rings. The molecule has 0 spiro atoms. The fourth-order valence-electron chi connectivity index (χ4n) is 5.49. The van der Waals surface area contributed by atoms with E-state index < -0.39 is 0 Å². The van der Waals surface area contributed by atoms with Gasteiger partial charge in [0.15, 0.2) is 11.8 Å². The number of fused-ring (bicyclic) bond motifs is 2. The van der Waals surface area contributed by atoms with Crippen LogP contribution in [0.2, 0.25) is 0 Å². The molecule has 38 heavy (non-hydrogen) atoms. The van der Waals surface area contributed by atoms with Gasteiger partial charge in [0.2, 0.25) is 0 Å². The fourth-order valence-corrected chi connectivity index (χ4v) is 5.49. The highest BCUT2D eigenvalue weighted by Gasteiger charge is 2.19. The van der Waals surface area contributed by atoms with Crippen LogP contribution in [0.5, 0.6) is 11.8 Å². The van der Waals surface area contributed by atoms with Gasteiger partial charge in [-0.1, -0.05) is 64.1 Å². The number of nitrogens with zero attached hydrogens (tertiary/aromatic N) is 3. The zero-order valence-corrected chi connectivity index (χ0v) is 23.1. The zero-order chi connectivity index (χ0) is 27.6. The minimum absolute atomic E-state index is 0.0541. The van der Waals surface area contributed by atoms with Crippen LogP contribution in [0.25, 0.3) is 21.5 Å². The van der Waals surface area contributed by atoms with Gasteiger partial charge in [-0.25, -0.2) is 0 Å². The Balaban J connectivity index is 1.43. The smallest absolute Gasteiger partial charge is 0.261 e. The molecule has 7 heteroatoms. The number of pyridine rings is 2. The van der Waals surface area contributed by atoms with E-state index in [1.807, 2.05) is 83.3 Å². The molecule has 7 nitrogen and oxygen atoms in total. The highest BCUT2D eigenvalue weighted by Crippen LogP contribution is 2.32. The summed E-state index contributed by atoms with van der Waals surface area (Å²) in [4.78, 5) is 28.3. The van der Waals surface area contributed by atoms with Gasteiger partial charge in [-0.05, 0) is 67.7 Å². The lowest BCUT2D eigenvalue weighted by Gasteiger charge is -2.21. The molecule has 2 N–H and O–H groups in total. The molecular weight excluding hydrogens is 478 g/mol. The normalized spacial score (nSPS) is 12.0. The summed E-state index contributed by atoms with van der Waals surface area (Å²) in [6.07, 6.45) is 1.39. The van der Waals surface area contributed by atoms with Crippen LogP contribution in [0, 0.1) is 0 Å². The molecule has 0 amide bonds. The molecule has 0 radical (unpaired) electrons. The Morgan fingerprint density at radius 3 is 1.34 bits per heavy atom. The van der Waals surface area contributed by atoms with Gasteiger partial charge in [0.1, 0.15) is 0 Å². The van der Waals surface area contributed by atoms with E-state index in [1.165, 1.54) is 9.13 Å². The molecule has 0 aliphatic heterocycles. The molecule has 0 unspecified atom stereocenters. The monoisotopic (exact) mass is 517 g/mol. The van der Waals surface area contributed by atoms with Gasteiger partial charge in [0, 0.05) is 35.0 Å². The predicted octanol–water partition coefficient (Wildman–Crippen LogP) is 5.39. The molecule has 2 heterocycles. The van der Waals surface area contributed by atoms with E-state index in [2.05, 4.69) is 4.90 Å². The van der Waals surface area contributed by atoms with E-state index in [1.54, 1.807) is 0 Å². The van der Waals surface area contributed by atoms with Crippen LogP contribution < -0.4 is 11.1 Å². The van der Waals surface area contributed by atoms with E-state index >= 15 is 0 Å². The van der Waals surface area contributed by atoms with Gasteiger partial charge in [-0.15, -0.1) is 0 Å². The molecule has 2 aromatic carbocycles. The van der Waals surface area contributed by atoms with E-state index in [0.29, 0.717) is 36.7 Å². The maximum absolute atomic E-state index is 13.1. The van der Waals surface area contributed by atoms with Crippen molar-refractivity contribution in [2.24, 2.45) is 0 Å². The van der Waals surface area contributed by atoms with Crippen molar-refractivity contribution in [2.75, 3.05) is 20.1 Å². The van der Waals surface area contributed by atoms with Crippen molar-refractivity contribution in [3.8, 4) is 11.8 Å². The second-order valence-electron chi connectivity index (χ2n) is 10.8. The molecule has 4 aromatic rings. The summed E-state index contributed by atoms with van der Waals surface area (Å²) in [6, 6.07) is 14.9.